The highest BCUT2D eigenvalue weighted by atomic mass is 16.4. The number of aliphatic carboxylic acids is 1. The molecule has 2 N–H and O–H groups in total. The van der Waals surface area contributed by atoms with Crippen LogP contribution in [0.15, 0.2) is 42.5 Å². The summed E-state index contributed by atoms with van der Waals surface area (Å²) in [6, 6.07) is 10.6. The number of carbonyl (C=O) groups excluding carboxylic acids is 1. The van der Waals surface area contributed by atoms with Crippen LogP contribution in [0.25, 0.3) is 0 Å². The van der Waals surface area contributed by atoms with Crippen molar-refractivity contribution in [1.82, 2.24) is 4.90 Å². The summed E-state index contributed by atoms with van der Waals surface area (Å²) in [5.74, 6) is -0.348. The van der Waals surface area contributed by atoms with Gasteiger partial charge < -0.3 is 15.1 Å². The molecule has 0 aromatic heterocycles. The van der Waals surface area contributed by atoms with E-state index in [0.29, 0.717) is 19.4 Å². The zero-order chi connectivity index (χ0) is 23.2. The standard InChI is InChI=1S/C27H41NO4/c1-22(12-6-4-7-13-23-14-8-5-9-15-23)25(29)19-17-24-18-20-26(30)28(24)21-11-3-2-10-16-27(31)32/h5,8-9,14-15,17,19,22,24-25,29H,2-4,6-7,10-13,16,18,20-21H2,1H3,(H,31,32)/t22-,24-,25+/m0/s1. The lowest BCUT2D eigenvalue weighted by atomic mass is 9.95. The molecule has 1 heterocycles. The molecule has 0 bridgehead atoms. The van der Waals surface area contributed by atoms with Gasteiger partial charge in [-0.2, -0.15) is 0 Å². The normalized spacial score (nSPS) is 18.4. The second kappa shape index (κ2) is 14.8. The smallest absolute Gasteiger partial charge is 0.303 e. The number of carboxylic acids is 1. The van der Waals surface area contributed by atoms with E-state index >= 15 is 0 Å². The maximum atomic E-state index is 12.2. The number of carboxylic acid groups (broad SMARTS) is 1. The number of likely N-dealkylation sites (tertiary alicyclic amines) is 1. The second-order valence-corrected chi connectivity index (χ2v) is 9.19. The summed E-state index contributed by atoms with van der Waals surface area (Å²) >= 11 is 0. The van der Waals surface area contributed by atoms with Crippen molar-refractivity contribution in [3.05, 3.63) is 48.0 Å². The maximum absolute atomic E-state index is 12.2. The Labute approximate surface area is 193 Å². The number of rotatable bonds is 16. The third-order valence-corrected chi connectivity index (χ3v) is 6.50. The molecule has 0 aliphatic carbocycles. The number of hydrogen-bond acceptors (Lipinski definition) is 3. The van der Waals surface area contributed by atoms with Gasteiger partial charge in [0.2, 0.25) is 5.91 Å². The van der Waals surface area contributed by atoms with Gasteiger partial charge in [-0.1, -0.05) is 75.1 Å². The van der Waals surface area contributed by atoms with Crippen LogP contribution < -0.4 is 0 Å². The molecule has 1 aliphatic rings. The van der Waals surface area contributed by atoms with Crippen molar-refractivity contribution >= 4 is 11.9 Å². The summed E-state index contributed by atoms with van der Waals surface area (Å²) in [5.41, 5.74) is 1.39. The quantitative estimate of drug-likeness (QED) is 0.266. The summed E-state index contributed by atoms with van der Waals surface area (Å²) in [6.07, 6.45) is 14.1. The highest BCUT2D eigenvalue weighted by molar-refractivity contribution is 5.79. The zero-order valence-electron chi connectivity index (χ0n) is 19.6. The van der Waals surface area contributed by atoms with Crippen LogP contribution in [-0.2, 0) is 16.0 Å². The lowest BCUT2D eigenvalue weighted by molar-refractivity contribution is -0.137. The number of nitrogens with zero attached hydrogens (tertiary/aromatic N) is 1. The van der Waals surface area contributed by atoms with Gasteiger partial charge in [-0.25, -0.2) is 0 Å². The fourth-order valence-corrected chi connectivity index (χ4v) is 4.38. The molecule has 3 atom stereocenters. The minimum Gasteiger partial charge on any atom is -0.481 e. The third kappa shape index (κ3) is 9.99. The monoisotopic (exact) mass is 443 g/mol. The van der Waals surface area contributed by atoms with Crippen LogP contribution in [0.4, 0.5) is 0 Å². The number of aliphatic hydroxyl groups excluding tert-OH is 1. The summed E-state index contributed by atoms with van der Waals surface area (Å²) in [6.45, 7) is 2.81. The van der Waals surface area contributed by atoms with E-state index in [1.807, 2.05) is 23.1 Å². The van der Waals surface area contributed by atoms with Crippen molar-refractivity contribution in [3.8, 4) is 0 Å². The molecule has 0 radical (unpaired) electrons. The molecule has 1 fully saturated rings. The predicted molar refractivity (Wildman–Crippen MR) is 128 cm³/mol. The Morgan fingerprint density at radius 3 is 2.56 bits per heavy atom. The summed E-state index contributed by atoms with van der Waals surface area (Å²) < 4.78 is 0. The number of aryl methyl sites for hydroxylation is 1. The molecule has 5 heteroatoms. The van der Waals surface area contributed by atoms with Gasteiger partial charge in [-0.3, -0.25) is 9.59 Å². The molecule has 0 saturated carbocycles. The van der Waals surface area contributed by atoms with Crippen molar-refractivity contribution in [2.24, 2.45) is 5.92 Å². The highest BCUT2D eigenvalue weighted by Gasteiger charge is 2.28. The number of unbranched alkanes of at least 4 members (excludes halogenated alkanes) is 5. The Kier molecular flexibility index (Phi) is 12.1. The van der Waals surface area contributed by atoms with Gasteiger partial charge in [0, 0.05) is 19.4 Å². The minimum atomic E-state index is -0.745. The van der Waals surface area contributed by atoms with Gasteiger partial charge >= 0.3 is 5.97 Å². The topological polar surface area (TPSA) is 77.8 Å². The first-order valence-corrected chi connectivity index (χ1v) is 12.4. The maximum Gasteiger partial charge on any atom is 0.303 e. The molecule has 0 unspecified atom stereocenters. The van der Waals surface area contributed by atoms with E-state index < -0.39 is 12.1 Å². The molecular formula is C27H41NO4. The van der Waals surface area contributed by atoms with Gasteiger partial charge in [-0.05, 0) is 50.0 Å². The Bertz CT molecular complexity index is 703. The first-order valence-electron chi connectivity index (χ1n) is 12.4. The van der Waals surface area contributed by atoms with Crippen LogP contribution in [0.1, 0.15) is 83.1 Å². The van der Waals surface area contributed by atoms with Gasteiger partial charge in [0.25, 0.3) is 0 Å². The largest absolute Gasteiger partial charge is 0.481 e. The van der Waals surface area contributed by atoms with Crippen LogP contribution >= 0.6 is 0 Å². The van der Waals surface area contributed by atoms with E-state index in [9.17, 15) is 14.7 Å². The summed E-state index contributed by atoms with van der Waals surface area (Å²) in [7, 11) is 0. The van der Waals surface area contributed by atoms with Crippen molar-refractivity contribution in [2.45, 2.75) is 96.1 Å². The summed E-state index contributed by atoms with van der Waals surface area (Å²) in [4.78, 5) is 24.7. The highest BCUT2D eigenvalue weighted by Crippen LogP contribution is 2.22. The van der Waals surface area contributed by atoms with Gasteiger partial charge in [0.05, 0.1) is 12.1 Å². The molecule has 32 heavy (non-hydrogen) atoms. The lowest BCUT2D eigenvalue weighted by Crippen LogP contribution is -2.33. The molecule has 1 amide bonds. The molecule has 1 aliphatic heterocycles. The number of hydrogen-bond donors (Lipinski definition) is 2. The van der Waals surface area contributed by atoms with E-state index in [-0.39, 0.29) is 24.3 Å². The Morgan fingerprint density at radius 2 is 1.81 bits per heavy atom. The van der Waals surface area contributed by atoms with Crippen molar-refractivity contribution < 1.29 is 19.8 Å². The van der Waals surface area contributed by atoms with Gasteiger partial charge in [-0.15, -0.1) is 0 Å². The number of aliphatic hydroxyl groups is 1. The molecule has 1 aromatic rings. The SMILES string of the molecule is C[C@@H](CCCCCc1ccccc1)[C@H](O)C=C[C@H]1CCC(=O)N1CCCCCCC(=O)O. The van der Waals surface area contributed by atoms with E-state index in [2.05, 4.69) is 31.2 Å². The first kappa shape index (κ1) is 26.1. The average Bonchev–Trinajstić information content (AvgIpc) is 3.13. The van der Waals surface area contributed by atoms with Gasteiger partial charge in [0.15, 0.2) is 0 Å². The van der Waals surface area contributed by atoms with E-state index in [1.165, 1.54) is 18.4 Å². The Morgan fingerprint density at radius 1 is 1.09 bits per heavy atom. The summed E-state index contributed by atoms with van der Waals surface area (Å²) in [5, 5.41) is 19.2. The second-order valence-electron chi connectivity index (χ2n) is 9.19. The molecule has 1 aromatic carbocycles. The van der Waals surface area contributed by atoms with Crippen LogP contribution in [0.5, 0.6) is 0 Å². The van der Waals surface area contributed by atoms with Crippen molar-refractivity contribution in [3.63, 3.8) is 0 Å². The Hall–Kier alpha value is -2.14. The molecular weight excluding hydrogens is 402 g/mol. The zero-order valence-corrected chi connectivity index (χ0v) is 19.6. The van der Waals surface area contributed by atoms with E-state index in [4.69, 9.17) is 5.11 Å². The average molecular weight is 444 g/mol. The van der Waals surface area contributed by atoms with Crippen LogP contribution in [-0.4, -0.2) is 45.7 Å². The molecule has 2 rings (SSSR count). The first-order chi connectivity index (χ1) is 15.5. The Balaban J connectivity index is 1.63. The molecule has 0 spiro atoms. The van der Waals surface area contributed by atoms with Crippen LogP contribution in [0.2, 0.25) is 0 Å². The number of amides is 1. The van der Waals surface area contributed by atoms with Crippen molar-refractivity contribution in [2.75, 3.05) is 6.54 Å². The van der Waals surface area contributed by atoms with Crippen LogP contribution in [0, 0.1) is 5.92 Å². The predicted octanol–water partition coefficient (Wildman–Crippen LogP) is 5.37. The van der Waals surface area contributed by atoms with Crippen molar-refractivity contribution in [1.29, 1.82) is 0 Å². The molecule has 5 nitrogen and oxygen atoms in total. The lowest BCUT2D eigenvalue weighted by Gasteiger charge is -2.23. The number of benzene rings is 1. The van der Waals surface area contributed by atoms with E-state index in [1.54, 1.807) is 0 Å². The van der Waals surface area contributed by atoms with E-state index in [0.717, 1.165) is 44.9 Å². The van der Waals surface area contributed by atoms with Gasteiger partial charge in [0.1, 0.15) is 0 Å². The fourth-order valence-electron chi connectivity index (χ4n) is 4.38. The minimum absolute atomic E-state index is 0.0780. The molecule has 178 valence electrons. The number of carbonyl (C=O) groups is 2. The third-order valence-electron chi connectivity index (χ3n) is 6.50. The van der Waals surface area contributed by atoms with Crippen LogP contribution in [0.3, 0.4) is 0 Å². The molecule has 1 saturated heterocycles. The fraction of sp³-hybridized carbons (Fsp3) is 0.630.